The number of pyridine rings is 1. The molecule has 2 heterocycles. The lowest BCUT2D eigenvalue weighted by Crippen LogP contribution is -2.29. The minimum absolute atomic E-state index is 0.150. The van der Waals surface area contributed by atoms with E-state index in [0.29, 0.717) is 23.5 Å². The smallest absolute Gasteiger partial charge is 0.251 e. The van der Waals surface area contributed by atoms with Crippen molar-refractivity contribution in [1.29, 1.82) is 0 Å². The maximum Gasteiger partial charge on any atom is 0.251 e. The highest BCUT2D eigenvalue weighted by Crippen LogP contribution is 2.30. The molecule has 1 atom stereocenters. The molecule has 0 aliphatic heterocycles. The Morgan fingerprint density at radius 1 is 0.969 bits per heavy atom. The van der Waals surface area contributed by atoms with E-state index in [4.69, 9.17) is 0 Å². The molecule has 0 fully saturated rings. The van der Waals surface area contributed by atoms with Gasteiger partial charge in [-0.25, -0.2) is 0 Å². The van der Waals surface area contributed by atoms with Gasteiger partial charge in [0, 0.05) is 36.5 Å². The van der Waals surface area contributed by atoms with E-state index in [1.807, 2.05) is 66.7 Å². The molecule has 160 valence electrons. The van der Waals surface area contributed by atoms with Gasteiger partial charge in [-0.1, -0.05) is 42.5 Å². The quantitative estimate of drug-likeness (QED) is 0.417. The van der Waals surface area contributed by atoms with Crippen molar-refractivity contribution in [2.75, 3.05) is 11.9 Å². The van der Waals surface area contributed by atoms with Crippen LogP contribution in [0.3, 0.4) is 0 Å². The number of aromatic nitrogens is 3. The number of nitrogens with zero attached hydrogens (tertiary/aromatic N) is 2. The third kappa shape index (κ3) is 4.89. The minimum Gasteiger partial charge on any atom is -0.351 e. The summed E-state index contributed by atoms with van der Waals surface area (Å²) in [6.07, 6.45) is 1.73. The Morgan fingerprint density at radius 3 is 2.47 bits per heavy atom. The molecule has 7 nitrogen and oxygen atoms in total. The summed E-state index contributed by atoms with van der Waals surface area (Å²) in [5.74, 6) is -0.525. The van der Waals surface area contributed by atoms with E-state index in [0.717, 1.165) is 17.0 Å². The van der Waals surface area contributed by atoms with E-state index >= 15 is 0 Å². The van der Waals surface area contributed by atoms with Gasteiger partial charge in [0.15, 0.2) is 0 Å². The van der Waals surface area contributed by atoms with Crippen molar-refractivity contribution in [3.8, 4) is 11.3 Å². The lowest BCUT2D eigenvalue weighted by Gasteiger charge is -2.16. The fourth-order valence-electron chi connectivity index (χ4n) is 3.50. The molecule has 2 aromatic heterocycles. The number of carbonyl (C=O) groups is 2. The zero-order chi connectivity index (χ0) is 22.3. The minimum atomic E-state index is -0.224. The topological polar surface area (TPSA) is 99.8 Å². The van der Waals surface area contributed by atoms with Crippen LogP contribution in [-0.2, 0) is 4.79 Å². The number of hydrogen-bond acceptors (Lipinski definition) is 4. The second-order valence-electron chi connectivity index (χ2n) is 7.32. The van der Waals surface area contributed by atoms with Gasteiger partial charge in [-0.15, -0.1) is 0 Å². The number of benzene rings is 2. The number of para-hydroxylation sites is 1. The highest BCUT2D eigenvalue weighted by Gasteiger charge is 2.21. The summed E-state index contributed by atoms with van der Waals surface area (Å²) in [6, 6.07) is 24.2. The number of nitrogens with one attached hydrogen (secondary N) is 3. The average Bonchev–Trinajstić information content (AvgIpc) is 3.30. The molecule has 0 saturated carbocycles. The molecule has 0 bridgehead atoms. The van der Waals surface area contributed by atoms with Gasteiger partial charge in [0.25, 0.3) is 5.91 Å². The zero-order valence-electron chi connectivity index (χ0n) is 17.6. The molecular formula is C25H23N5O2. The van der Waals surface area contributed by atoms with Crippen molar-refractivity contribution in [2.24, 2.45) is 0 Å². The van der Waals surface area contributed by atoms with Crippen LogP contribution in [0, 0.1) is 0 Å². The lowest BCUT2D eigenvalue weighted by atomic mass is 9.99. The molecule has 2 aromatic carbocycles. The molecule has 0 radical (unpaired) electrons. The van der Waals surface area contributed by atoms with Crippen molar-refractivity contribution in [3.05, 3.63) is 102 Å². The normalized spacial score (nSPS) is 11.5. The average molecular weight is 425 g/mol. The van der Waals surface area contributed by atoms with E-state index < -0.39 is 0 Å². The first-order valence-electron chi connectivity index (χ1n) is 10.3. The highest BCUT2D eigenvalue weighted by molar-refractivity contribution is 5.94. The summed E-state index contributed by atoms with van der Waals surface area (Å²) in [5, 5.41) is 13.4. The fourth-order valence-corrected chi connectivity index (χ4v) is 3.50. The standard InChI is InChI=1S/C25H23N5O2/c1-17(31)28-22-13-6-5-11-19(22)23-15-24(30-29-23)20(21-12-7-8-14-26-21)16-27-25(32)18-9-3-2-4-10-18/h2-15,20H,16H2,1H3,(H,27,32)(H,28,31)(H,29,30). The summed E-state index contributed by atoms with van der Waals surface area (Å²) in [5.41, 5.74) is 4.40. The molecule has 0 aliphatic rings. The Bertz CT molecular complexity index is 1210. The Balaban J connectivity index is 1.61. The number of amides is 2. The summed E-state index contributed by atoms with van der Waals surface area (Å²) in [6.45, 7) is 1.82. The monoisotopic (exact) mass is 425 g/mol. The third-order valence-corrected chi connectivity index (χ3v) is 5.03. The van der Waals surface area contributed by atoms with Gasteiger partial charge in [-0.05, 0) is 36.4 Å². The van der Waals surface area contributed by atoms with Gasteiger partial charge in [0.05, 0.1) is 23.0 Å². The van der Waals surface area contributed by atoms with Crippen LogP contribution in [0.1, 0.15) is 34.6 Å². The Kier molecular flexibility index (Phi) is 6.36. The van der Waals surface area contributed by atoms with Crippen molar-refractivity contribution in [1.82, 2.24) is 20.5 Å². The van der Waals surface area contributed by atoms with Gasteiger partial charge in [0.2, 0.25) is 5.91 Å². The van der Waals surface area contributed by atoms with E-state index in [-0.39, 0.29) is 17.7 Å². The van der Waals surface area contributed by atoms with Gasteiger partial charge in [0.1, 0.15) is 0 Å². The molecule has 1 unspecified atom stereocenters. The van der Waals surface area contributed by atoms with Gasteiger partial charge < -0.3 is 10.6 Å². The molecule has 32 heavy (non-hydrogen) atoms. The predicted octanol–water partition coefficient (Wildman–Crippen LogP) is 3.99. The van der Waals surface area contributed by atoms with Crippen LogP contribution >= 0.6 is 0 Å². The third-order valence-electron chi connectivity index (χ3n) is 5.03. The first-order valence-corrected chi connectivity index (χ1v) is 10.3. The maximum atomic E-state index is 12.6. The molecule has 3 N–H and O–H groups in total. The van der Waals surface area contributed by atoms with Crippen LogP contribution in [-0.4, -0.2) is 33.5 Å². The van der Waals surface area contributed by atoms with Crippen LogP contribution in [0.4, 0.5) is 5.69 Å². The number of H-pyrrole nitrogens is 1. The Hall–Kier alpha value is -4.26. The van der Waals surface area contributed by atoms with Gasteiger partial charge >= 0.3 is 0 Å². The molecule has 7 heteroatoms. The Morgan fingerprint density at radius 2 is 1.72 bits per heavy atom. The summed E-state index contributed by atoms with van der Waals surface area (Å²) >= 11 is 0. The first kappa shape index (κ1) is 21.0. The summed E-state index contributed by atoms with van der Waals surface area (Å²) < 4.78 is 0. The van der Waals surface area contributed by atoms with Gasteiger partial charge in [-0.2, -0.15) is 5.10 Å². The van der Waals surface area contributed by atoms with Crippen LogP contribution in [0.5, 0.6) is 0 Å². The zero-order valence-corrected chi connectivity index (χ0v) is 17.6. The number of hydrogen-bond donors (Lipinski definition) is 3. The second-order valence-corrected chi connectivity index (χ2v) is 7.32. The fraction of sp³-hybridized carbons (Fsp3) is 0.120. The first-order chi connectivity index (χ1) is 15.6. The van der Waals surface area contributed by atoms with Gasteiger partial charge in [-0.3, -0.25) is 19.7 Å². The maximum absolute atomic E-state index is 12.6. The molecule has 0 spiro atoms. The summed E-state index contributed by atoms with van der Waals surface area (Å²) in [4.78, 5) is 28.7. The van der Waals surface area contributed by atoms with Crippen molar-refractivity contribution in [2.45, 2.75) is 12.8 Å². The van der Waals surface area contributed by atoms with Crippen LogP contribution in [0.2, 0.25) is 0 Å². The van der Waals surface area contributed by atoms with E-state index in [1.54, 1.807) is 18.3 Å². The predicted molar refractivity (Wildman–Crippen MR) is 123 cm³/mol. The second kappa shape index (κ2) is 9.70. The van der Waals surface area contributed by atoms with Crippen molar-refractivity contribution < 1.29 is 9.59 Å². The molecule has 0 aliphatic carbocycles. The van der Waals surface area contributed by atoms with Crippen molar-refractivity contribution >= 4 is 17.5 Å². The molecular weight excluding hydrogens is 402 g/mol. The number of rotatable bonds is 7. The largest absolute Gasteiger partial charge is 0.351 e. The molecule has 4 aromatic rings. The van der Waals surface area contributed by atoms with E-state index in [1.165, 1.54) is 6.92 Å². The lowest BCUT2D eigenvalue weighted by molar-refractivity contribution is -0.114. The van der Waals surface area contributed by atoms with E-state index in [9.17, 15) is 9.59 Å². The number of aromatic amines is 1. The van der Waals surface area contributed by atoms with Crippen LogP contribution in [0.25, 0.3) is 11.3 Å². The number of carbonyl (C=O) groups excluding carboxylic acids is 2. The molecule has 4 rings (SSSR count). The molecule has 2 amide bonds. The van der Waals surface area contributed by atoms with E-state index in [2.05, 4.69) is 25.8 Å². The Labute approximate surface area is 185 Å². The van der Waals surface area contributed by atoms with Crippen molar-refractivity contribution in [3.63, 3.8) is 0 Å². The molecule has 0 saturated heterocycles. The van der Waals surface area contributed by atoms with Crippen LogP contribution < -0.4 is 10.6 Å². The number of anilines is 1. The van der Waals surface area contributed by atoms with Crippen LogP contribution in [0.15, 0.2) is 85.1 Å². The highest BCUT2D eigenvalue weighted by atomic mass is 16.2. The SMILES string of the molecule is CC(=O)Nc1ccccc1-c1cc(C(CNC(=O)c2ccccc2)c2ccccn2)[nH]n1. The summed E-state index contributed by atoms with van der Waals surface area (Å²) in [7, 11) is 0.